The number of hydroxylamine groups is 1. The zero-order chi connectivity index (χ0) is 13.8. The number of nitrogens with one attached hydrogen (secondary N) is 1. The van der Waals surface area contributed by atoms with E-state index in [1.807, 2.05) is 0 Å². The number of hydrogen-bond acceptors (Lipinski definition) is 3. The Balaban J connectivity index is 2.68. The quantitative estimate of drug-likeness (QED) is 0.800. The van der Waals surface area contributed by atoms with E-state index in [4.69, 9.17) is 9.94 Å². The summed E-state index contributed by atoms with van der Waals surface area (Å²) >= 11 is 0. The first-order valence-electron chi connectivity index (χ1n) is 5.57. The van der Waals surface area contributed by atoms with Crippen LogP contribution in [0.1, 0.15) is 36.7 Å². The summed E-state index contributed by atoms with van der Waals surface area (Å²) in [6.07, 6.45) is -0.0292. The van der Waals surface area contributed by atoms with Gasteiger partial charge in [0.05, 0.1) is 17.6 Å². The van der Waals surface area contributed by atoms with E-state index in [2.05, 4.69) is 5.48 Å². The second-order valence-electron chi connectivity index (χ2n) is 4.88. The van der Waals surface area contributed by atoms with Crippen LogP contribution in [0.4, 0.5) is 0 Å². The van der Waals surface area contributed by atoms with Crippen LogP contribution in [0.5, 0.6) is 0 Å². The fraction of sp³-hybridized carbons (Fsp3) is 0.385. The van der Waals surface area contributed by atoms with Gasteiger partial charge in [-0.2, -0.15) is 0 Å². The molecule has 0 unspecified atom stereocenters. The summed E-state index contributed by atoms with van der Waals surface area (Å²) in [5, 5.41) is 8.97. The lowest BCUT2D eigenvalue weighted by Gasteiger charge is -2.19. The highest BCUT2D eigenvalue weighted by Crippen LogP contribution is 2.10. The molecule has 0 saturated heterocycles. The first kappa shape index (κ1) is 14.2. The zero-order valence-electron chi connectivity index (χ0n) is 10.7. The monoisotopic (exact) mass is 251 g/mol. The van der Waals surface area contributed by atoms with Crippen molar-refractivity contribution in [1.29, 1.82) is 0 Å². The largest absolute Gasteiger partial charge is 0.478 e. The van der Waals surface area contributed by atoms with Crippen LogP contribution >= 0.6 is 0 Å². The lowest BCUT2D eigenvalue weighted by atomic mass is 10.0. The summed E-state index contributed by atoms with van der Waals surface area (Å²) in [4.78, 5) is 27.7. The van der Waals surface area contributed by atoms with Crippen molar-refractivity contribution in [2.45, 2.75) is 32.8 Å². The Hall–Kier alpha value is -1.88. The molecule has 0 radical (unpaired) electrons. The molecule has 18 heavy (non-hydrogen) atoms. The van der Waals surface area contributed by atoms with Gasteiger partial charge >= 0.3 is 5.97 Å². The lowest BCUT2D eigenvalue weighted by Crippen LogP contribution is -2.34. The van der Waals surface area contributed by atoms with Gasteiger partial charge in [-0.3, -0.25) is 9.63 Å². The van der Waals surface area contributed by atoms with Crippen LogP contribution in [0.25, 0.3) is 0 Å². The Morgan fingerprint density at radius 1 is 1.28 bits per heavy atom. The van der Waals surface area contributed by atoms with Crippen molar-refractivity contribution in [3.05, 3.63) is 35.4 Å². The van der Waals surface area contributed by atoms with Crippen LogP contribution in [0.2, 0.25) is 0 Å². The van der Waals surface area contributed by atoms with Crippen LogP contribution in [0, 0.1) is 0 Å². The Labute approximate surface area is 106 Å². The highest BCUT2D eigenvalue weighted by atomic mass is 16.7. The Bertz CT molecular complexity index is 449. The SMILES string of the molecule is CC(C)(C)ONC(=O)Cc1ccccc1C(=O)O. The summed E-state index contributed by atoms with van der Waals surface area (Å²) in [6.45, 7) is 5.41. The predicted molar refractivity (Wildman–Crippen MR) is 66.1 cm³/mol. The molecule has 0 aliphatic carbocycles. The minimum absolute atomic E-state index is 0.0292. The normalized spacial score (nSPS) is 11.1. The Morgan fingerprint density at radius 2 is 1.89 bits per heavy atom. The zero-order valence-corrected chi connectivity index (χ0v) is 10.7. The van der Waals surface area contributed by atoms with Crippen LogP contribution in [0.15, 0.2) is 24.3 Å². The highest BCUT2D eigenvalue weighted by Gasteiger charge is 2.15. The van der Waals surface area contributed by atoms with Gasteiger partial charge < -0.3 is 5.11 Å². The molecule has 0 bridgehead atoms. The highest BCUT2D eigenvalue weighted by molar-refractivity contribution is 5.91. The number of amides is 1. The molecular formula is C13H17NO4. The lowest BCUT2D eigenvalue weighted by molar-refractivity contribution is -0.144. The van der Waals surface area contributed by atoms with E-state index in [-0.39, 0.29) is 17.9 Å². The van der Waals surface area contributed by atoms with Gasteiger partial charge in [0, 0.05) is 0 Å². The molecule has 2 N–H and O–H groups in total. The number of carbonyl (C=O) groups excluding carboxylic acids is 1. The minimum Gasteiger partial charge on any atom is -0.478 e. The first-order valence-corrected chi connectivity index (χ1v) is 5.57. The third kappa shape index (κ3) is 4.55. The molecule has 5 nitrogen and oxygen atoms in total. The molecule has 1 aromatic rings. The second kappa shape index (κ2) is 5.64. The summed E-state index contributed by atoms with van der Waals surface area (Å²) < 4.78 is 0. The maximum absolute atomic E-state index is 11.6. The van der Waals surface area contributed by atoms with Crippen LogP contribution in [-0.2, 0) is 16.1 Å². The molecule has 98 valence electrons. The summed E-state index contributed by atoms with van der Waals surface area (Å²) in [6, 6.07) is 6.39. The van der Waals surface area contributed by atoms with E-state index in [0.717, 1.165) is 0 Å². The third-order valence-electron chi connectivity index (χ3n) is 2.07. The van der Waals surface area contributed by atoms with Gasteiger partial charge in [-0.05, 0) is 32.4 Å². The predicted octanol–water partition coefficient (Wildman–Crippen LogP) is 1.77. The van der Waals surface area contributed by atoms with Crippen molar-refractivity contribution < 1.29 is 19.5 Å². The van der Waals surface area contributed by atoms with E-state index >= 15 is 0 Å². The maximum Gasteiger partial charge on any atom is 0.335 e. The molecule has 0 spiro atoms. The topological polar surface area (TPSA) is 75.6 Å². The number of benzene rings is 1. The molecule has 0 aliphatic heterocycles. The summed E-state index contributed by atoms with van der Waals surface area (Å²) in [7, 11) is 0. The van der Waals surface area contributed by atoms with Gasteiger partial charge in [-0.15, -0.1) is 0 Å². The van der Waals surface area contributed by atoms with Gasteiger partial charge in [-0.25, -0.2) is 10.3 Å². The molecule has 0 heterocycles. The fourth-order valence-electron chi connectivity index (χ4n) is 1.30. The number of carbonyl (C=O) groups is 2. The van der Waals surface area contributed by atoms with Gasteiger partial charge in [0.25, 0.3) is 0 Å². The summed E-state index contributed by atoms with van der Waals surface area (Å²) in [5.41, 5.74) is 2.41. The van der Waals surface area contributed by atoms with Crippen molar-refractivity contribution in [2.24, 2.45) is 0 Å². The molecule has 0 atom stereocenters. The summed E-state index contributed by atoms with van der Waals surface area (Å²) in [5.74, 6) is -1.42. The van der Waals surface area contributed by atoms with Crippen molar-refractivity contribution in [3.63, 3.8) is 0 Å². The maximum atomic E-state index is 11.6. The number of rotatable bonds is 4. The van der Waals surface area contributed by atoms with E-state index < -0.39 is 11.6 Å². The molecule has 5 heteroatoms. The third-order valence-corrected chi connectivity index (χ3v) is 2.07. The van der Waals surface area contributed by atoms with Gasteiger partial charge in [0.15, 0.2) is 0 Å². The molecule has 0 saturated carbocycles. The smallest absolute Gasteiger partial charge is 0.335 e. The van der Waals surface area contributed by atoms with Crippen molar-refractivity contribution >= 4 is 11.9 Å². The average molecular weight is 251 g/mol. The van der Waals surface area contributed by atoms with Gasteiger partial charge in [0.1, 0.15) is 0 Å². The fourth-order valence-corrected chi connectivity index (χ4v) is 1.30. The van der Waals surface area contributed by atoms with E-state index in [0.29, 0.717) is 5.56 Å². The molecule has 0 aromatic heterocycles. The standard InChI is InChI=1S/C13H17NO4/c1-13(2,3)18-14-11(15)8-9-6-4-5-7-10(9)12(16)17/h4-7H,8H2,1-3H3,(H,14,15)(H,16,17). The minimum atomic E-state index is -1.05. The Morgan fingerprint density at radius 3 is 2.44 bits per heavy atom. The van der Waals surface area contributed by atoms with Crippen LogP contribution in [-0.4, -0.2) is 22.6 Å². The second-order valence-corrected chi connectivity index (χ2v) is 4.88. The van der Waals surface area contributed by atoms with E-state index in [9.17, 15) is 9.59 Å². The molecular weight excluding hydrogens is 234 g/mol. The number of carboxylic acids is 1. The first-order chi connectivity index (χ1) is 8.29. The van der Waals surface area contributed by atoms with Gasteiger partial charge in [0.2, 0.25) is 5.91 Å². The van der Waals surface area contributed by atoms with Crippen molar-refractivity contribution in [2.75, 3.05) is 0 Å². The van der Waals surface area contributed by atoms with E-state index in [1.54, 1.807) is 39.0 Å². The molecule has 1 rings (SSSR count). The average Bonchev–Trinajstić information content (AvgIpc) is 2.26. The van der Waals surface area contributed by atoms with Crippen molar-refractivity contribution in [1.82, 2.24) is 5.48 Å². The Kier molecular flexibility index (Phi) is 4.44. The molecule has 0 fully saturated rings. The molecule has 0 aliphatic rings. The molecule has 1 aromatic carbocycles. The van der Waals surface area contributed by atoms with Crippen LogP contribution in [0.3, 0.4) is 0 Å². The number of hydrogen-bond donors (Lipinski definition) is 2. The molecule has 1 amide bonds. The van der Waals surface area contributed by atoms with Crippen LogP contribution < -0.4 is 5.48 Å². The number of carboxylic acid groups (broad SMARTS) is 1. The number of aromatic carboxylic acids is 1. The van der Waals surface area contributed by atoms with E-state index in [1.165, 1.54) is 6.07 Å². The van der Waals surface area contributed by atoms with Crippen molar-refractivity contribution in [3.8, 4) is 0 Å². The van der Waals surface area contributed by atoms with Gasteiger partial charge in [-0.1, -0.05) is 18.2 Å².